The molecule has 5 N–H and O–H groups in total. The van der Waals surface area contributed by atoms with Crippen molar-refractivity contribution in [2.45, 2.75) is 6.04 Å². The molecule has 4 nitrogen and oxygen atoms in total. The molecular weight excluding hydrogens is 194 g/mol. The molecule has 5 heteroatoms. The summed E-state index contributed by atoms with van der Waals surface area (Å²) in [6.45, 7) is -0.219. The molecule has 1 aromatic rings. The van der Waals surface area contributed by atoms with Gasteiger partial charge >= 0.3 is 0 Å². The van der Waals surface area contributed by atoms with Gasteiger partial charge in [-0.15, -0.1) is 12.4 Å². The number of nitrogens with two attached hydrogens (primary N) is 1. The summed E-state index contributed by atoms with van der Waals surface area (Å²) in [5.74, 6) is -0.122. The topological polar surface area (TPSA) is 86.7 Å². The predicted molar refractivity (Wildman–Crippen MR) is 51.0 cm³/mol. The lowest BCUT2D eigenvalue weighted by atomic mass is 10.1. The first kappa shape index (κ1) is 12.0. The number of phenolic OH excluding ortho intramolecular Hbond substituents is 2. The minimum absolute atomic E-state index is 0. The SMILES string of the molecule is Cl.N[C@@H](CO)c1cc(O)cc(O)c1. The number of hydrogen-bond donors (Lipinski definition) is 4. The first-order valence-electron chi connectivity index (χ1n) is 3.53. The smallest absolute Gasteiger partial charge is 0.119 e. The van der Waals surface area contributed by atoms with Gasteiger partial charge < -0.3 is 21.1 Å². The highest BCUT2D eigenvalue weighted by molar-refractivity contribution is 5.85. The number of halogens is 1. The summed E-state index contributed by atoms with van der Waals surface area (Å²) < 4.78 is 0. The Bertz CT molecular complexity index is 260. The second-order valence-corrected chi connectivity index (χ2v) is 2.57. The van der Waals surface area contributed by atoms with Crippen molar-refractivity contribution in [3.05, 3.63) is 23.8 Å². The number of rotatable bonds is 2. The molecule has 0 radical (unpaired) electrons. The van der Waals surface area contributed by atoms with Crippen molar-refractivity contribution in [3.63, 3.8) is 0 Å². The number of phenols is 2. The van der Waals surface area contributed by atoms with Crippen molar-refractivity contribution < 1.29 is 15.3 Å². The molecule has 0 spiro atoms. The highest BCUT2D eigenvalue weighted by atomic mass is 35.5. The van der Waals surface area contributed by atoms with E-state index >= 15 is 0 Å². The Kier molecular flexibility index (Phi) is 4.55. The maximum absolute atomic E-state index is 9.04. The first-order valence-corrected chi connectivity index (χ1v) is 3.53. The van der Waals surface area contributed by atoms with E-state index in [1.807, 2.05) is 0 Å². The molecule has 1 rings (SSSR count). The molecule has 0 heterocycles. The molecule has 0 aliphatic heterocycles. The molecule has 0 fully saturated rings. The summed E-state index contributed by atoms with van der Waals surface area (Å²) in [5.41, 5.74) is 5.97. The maximum atomic E-state index is 9.04. The number of aliphatic hydroxyl groups excluding tert-OH is 1. The summed E-state index contributed by atoms with van der Waals surface area (Å²) >= 11 is 0. The number of hydrogen-bond acceptors (Lipinski definition) is 4. The Morgan fingerprint density at radius 1 is 1.15 bits per heavy atom. The molecule has 13 heavy (non-hydrogen) atoms. The Morgan fingerprint density at radius 2 is 1.62 bits per heavy atom. The van der Waals surface area contributed by atoms with E-state index in [2.05, 4.69) is 0 Å². The van der Waals surface area contributed by atoms with Gasteiger partial charge in [-0.25, -0.2) is 0 Å². The van der Waals surface area contributed by atoms with Gasteiger partial charge in [0.1, 0.15) is 11.5 Å². The lowest BCUT2D eigenvalue weighted by molar-refractivity contribution is 0.267. The molecule has 1 atom stereocenters. The first-order chi connectivity index (χ1) is 5.63. The van der Waals surface area contributed by atoms with Crippen LogP contribution >= 0.6 is 12.4 Å². The zero-order valence-electron chi connectivity index (χ0n) is 6.84. The lowest BCUT2D eigenvalue weighted by Crippen LogP contribution is -2.14. The molecule has 0 aromatic heterocycles. The van der Waals surface area contributed by atoms with E-state index in [1.54, 1.807) is 0 Å². The fourth-order valence-corrected chi connectivity index (χ4v) is 0.938. The average molecular weight is 206 g/mol. The van der Waals surface area contributed by atoms with Gasteiger partial charge in [-0.2, -0.15) is 0 Å². The summed E-state index contributed by atoms with van der Waals surface area (Å²) in [5, 5.41) is 26.8. The molecule has 0 saturated heterocycles. The van der Waals surface area contributed by atoms with E-state index < -0.39 is 6.04 Å². The Labute approximate surface area is 82.0 Å². The Balaban J connectivity index is 0.00000144. The van der Waals surface area contributed by atoms with Crippen LogP contribution in [-0.4, -0.2) is 21.9 Å². The molecule has 1 aromatic carbocycles. The predicted octanol–water partition coefficient (Wildman–Crippen LogP) is 0.512. The van der Waals surface area contributed by atoms with Crippen LogP contribution in [0.4, 0.5) is 0 Å². The van der Waals surface area contributed by atoms with E-state index in [-0.39, 0.29) is 30.5 Å². The van der Waals surface area contributed by atoms with Gasteiger partial charge in [-0.1, -0.05) is 0 Å². The van der Waals surface area contributed by atoms with Gasteiger partial charge in [0.15, 0.2) is 0 Å². The van der Waals surface area contributed by atoms with E-state index in [0.717, 1.165) is 0 Å². The van der Waals surface area contributed by atoms with Crippen LogP contribution in [0.25, 0.3) is 0 Å². The summed E-state index contributed by atoms with van der Waals surface area (Å²) in [7, 11) is 0. The summed E-state index contributed by atoms with van der Waals surface area (Å²) in [6, 6.07) is 3.44. The highest BCUT2D eigenvalue weighted by Gasteiger charge is 2.06. The van der Waals surface area contributed by atoms with Gasteiger partial charge in [-0.05, 0) is 17.7 Å². The van der Waals surface area contributed by atoms with E-state index in [0.29, 0.717) is 5.56 Å². The van der Waals surface area contributed by atoms with Crippen LogP contribution in [0, 0.1) is 0 Å². The Morgan fingerprint density at radius 3 is 2.00 bits per heavy atom. The fraction of sp³-hybridized carbons (Fsp3) is 0.250. The quantitative estimate of drug-likeness (QED) is 0.567. The average Bonchev–Trinajstić information content (AvgIpc) is 2.01. The van der Waals surface area contributed by atoms with Gasteiger partial charge in [0.25, 0.3) is 0 Å². The van der Waals surface area contributed by atoms with Gasteiger partial charge in [0, 0.05) is 6.07 Å². The van der Waals surface area contributed by atoms with Gasteiger partial charge in [0.05, 0.1) is 12.6 Å². The highest BCUT2D eigenvalue weighted by Crippen LogP contribution is 2.23. The maximum Gasteiger partial charge on any atom is 0.119 e. The minimum atomic E-state index is -0.567. The molecule has 0 saturated carbocycles. The van der Waals surface area contributed by atoms with Crippen molar-refractivity contribution in [2.75, 3.05) is 6.61 Å². The van der Waals surface area contributed by atoms with Crippen LogP contribution in [0.3, 0.4) is 0 Å². The molecule has 0 bridgehead atoms. The van der Waals surface area contributed by atoms with Crippen LogP contribution in [0.2, 0.25) is 0 Å². The van der Waals surface area contributed by atoms with Crippen LogP contribution in [0.15, 0.2) is 18.2 Å². The van der Waals surface area contributed by atoms with Crippen molar-refractivity contribution in [1.82, 2.24) is 0 Å². The second kappa shape index (κ2) is 4.91. The number of benzene rings is 1. The fourth-order valence-electron chi connectivity index (χ4n) is 0.938. The molecular formula is C8H12ClNO3. The van der Waals surface area contributed by atoms with Crippen molar-refractivity contribution in [3.8, 4) is 11.5 Å². The zero-order chi connectivity index (χ0) is 9.14. The van der Waals surface area contributed by atoms with Gasteiger partial charge in [-0.3, -0.25) is 0 Å². The molecule has 74 valence electrons. The Hall–Kier alpha value is -0.970. The molecule has 0 aliphatic carbocycles. The van der Waals surface area contributed by atoms with Crippen LogP contribution < -0.4 is 5.73 Å². The number of aliphatic hydroxyl groups is 1. The van der Waals surface area contributed by atoms with E-state index in [9.17, 15) is 0 Å². The normalized spacial score (nSPS) is 11.8. The van der Waals surface area contributed by atoms with Crippen LogP contribution in [0.1, 0.15) is 11.6 Å². The summed E-state index contributed by atoms with van der Waals surface area (Å²) in [6.07, 6.45) is 0. The monoisotopic (exact) mass is 205 g/mol. The third-order valence-electron chi connectivity index (χ3n) is 1.55. The third-order valence-corrected chi connectivity index (χ3v) is 1.55. The molecule has 0 aliphatic rings. The van der Waals surface area contributed by atoms with Crippen molar-refractivity contribution in [1.29, 1.82) is 0 Å². The standard InChI is InChI=1S/C8H11NO3.ClH/c9-8(4-10)5-1-6(11)3-7(12)2-5;/h1-3,8,10-12H,4,9H2;1H/t8-;/m0./s1. The number of aromatic hydroxyl groups is 2. The van der Waals surface area contributed by atoms with Crippen molar-refractivity contribution >= 4 is 12.4 Å². The van der Waals surface area contributed by atoms with E-state index in [1.165, 1.54) is 18.2 Å². The third kappa shape index (κ3) is 3.10. The van der Waals surface area contributed by atoms with E-state index in [4.69, 9.17) is 21.1 Å². The van der Waals surface area contributed by atoms with Crippen molar-refractivity contribution in [2.24, 2.45) is 5.73 Å². The summed E-state index contributed by atoms with van der Waals surface area (Å²) in [4.78, 5) is 0. The largest absolute Gasteiger partial charge is 0.508 e. The van der Waals surface area contributed by atoms with Crippen LogP contribution in [-0.2, 0) is 0 Å². The van der Waals surface area contributed by atoms with Crippen LogP contribution in [0.5, 0.6) is 11.5 Å². The lowest BCUT2D eigenvalue weighted by Gasteiger charge is -2.08. The molecule has 0 amide bonds. The second-order valence-electron chi connectivity index (χ2n) is 2.57. The minimum Gasteiger partial charge on any atom is -0.508 e. The zero-order valence-corrected chi connectivity index (χ0v) is 7.66. The molecule has 0 unspecified atom stereocenters. The van der Waals surface area contributed by atoms with Gasteiger partial charge in [0.2, 0.25) is 0 Å².